The molecule has 3 aliphatic carbocycles. The summed E-state index contributed by atoms with van der Waals surface area (Å²) < 4.78 is 5.43. The minimum atomic E-state index is -0.533. The molecule has 0 spiro atoms. The SMILES string of the molecule is CCOC(=O)[C@@]1(C)CC[C@@H]2[C@H](CC=C3C[C@@H](O)CC[C@@]32C)[C@@H]1C/C=N\O. The number of hydrogen-bond acceptors (Lipinski definition) is 5. The lowest BCUT2D eigenvalue weighted by molar-refractivity contribution is -0.166. The third kappa shape index (κ3) is 3.08. The Morgan fingerprint density at radius 2 is 2.15 bits per heavy atom. The highest BCUT2D eigenvalue weighted by Gasteiger charge is 2.57. The number of oxime groups is 1. The lowest BCUT2D eigenvalue weighted by Gasteiger charge is -2.57. The van der Waals surface area contributed by atoms with Gasteiger partial charge in [0, 0.05) is 6.21 Å². The first-order valence-electron chi connectivity index (χ1n) is 10.1. The lowest BCUT2D eigenvalue weighted by Crippen LogP contribution is -2.53. The summed E-state index contributed by atoms with van der Waals surface area (Å²) in [5.74, 6) is 0.876. The zero-order valence-corrected chi connectivity index (χ0v) is 16.3. The summed E-state index contributed by atoms with van der Waals surface area (Å²) in [4.78, 5) is 12.8. The largest absolute Gasteiger partial charge is 0.466 e. The predicted octanol–water partition coefficient (Wildman–Crippen LogP) is 3.93. The highest BCUT2D eigenvalue weighted by atomic mass is 16.5. The Bertz CT molecular complexity index is 601. The summed E-state index contributed by atoms with van der Waals surface area (Å²) in [6.07, 6.45) is 9.65. The number of aliphatic hydroxyl groups is 1. The monoisotopic (exact) mass is 363 g/mol. The minimum Gasteiger partial charge on any atom is -0.466 e. The summed E-state index contributed by atoms with van der Waals surface area (Å²) in [7, 11) is 0. The van der Waals surface area contributed by atoms with E-state index < -0.39 is 5.41 Å². The molecule has 146 valence electrons. The smallest absolute Gasteiger partial charge is 0.312 e. The van der Waals surface area contributed by atoms with Gasteiger partial charge in [-0.1, -0.05) is 18.6 Å². The summed E-state index contributed by atoms with van der Waals surface area (Å²) in [5, 5.41) is 22.3. The second-order valence-electron chi connectivity index (χ2n) is 8.87. The first-order chi connectivity index (χ1) is 12.4. The third-order valence-electron chi connectivity index (χ3n) is 7.65. The Balaban J connectivity index is 1.94. The number of carbonyl (C=O) groups is 1. The molecular weight excluding hydrogens is 330 g/mol. The number of fused-ring (bicyclic) bond motifs is 3. The van der Waals surface area contributed by atoms with Crippen molar-refractivity contribution < 1.29 is 19.8 Å². The number of hydrogen-bond donors (Lipinski definition) is 2. The number of aliphatic hydroxyl groups excluding tert-OH is 1. The van der Waals surface area contributed by atoms with Crippen molar-refractivity contribution in [1.29, 1.82) is 0 Å². The molecule has 0 aromatic heterocycles. The van der Waals surface area contributed by atoms with Gasteiger partial charge < -0.3 is 15.1 Å². The Hall–Kier alpha value is -1.36. The van der Waals surface area contributed by atoms with E-state index >= 15 is 0 Å². The van der Waals surface area contributed by atoms with Crippen LogP contribution in [0.5, 0.6) is 0 Å². The molecular formula is C21H33NO4. The number of ether oxygens (including phenoxy) is 1. The molecule has 0 bridgehead atoms. The van der Waals surface area contributed by atoms with Crippen molar-refractivity contribution in [3.05, 3.63) is 11.6 Å². The zero-order valence-electron chi connectivity index (χ0n) is 16.3. The number of rotatable bonds is 4. The van der Waals surface area contributed by atoms with E-state index in [0.717, 1.165) is 38.5 Å². The zero-order chi connectivity index (χ0) is 18.9. The molecule has 2 saturated carbocycles. The van der Waals surface area contributed by atoms with Gasteiger partial charge in [0.1, 0.15) is 0 Å². The van der Waals surface area contributed by atoms with E-state index in [1.165, 1.54) is 11.8 Å². The van der Waals surface area contributed by atoms with Gasteiger partial charge in [0.25, 0.3) is 0 Å². The number of esters is 1. The predicted molar refractivity (Wildman–Crippen MR) is 100 cm³/mol. The average molecular weight is 363 g/mol. The van der Waals surface area contributed by atoms with Crippen LogP contribution in [-0.2, 0) is 9.53 Å². The lowest BCUT2D eigenvalue weighted by atomic mass is 9.47. The van der Waals surface area contributed by atoms with Crippen molar-refractivity contribution in [3.8, 4) is 0 Å². The summed E-state index contributed by atoms with van der Waals surface area (Å²) in [6.45, 7) is 6.62. The van der Waals surface area contributed by atoms with Gasteiger partial charge in [-0.2, -0.15) is 0 Å². The van der Waals surface area contributed by atoms with E-state index in [1.54, 1.807) is 0 Å². The fourth-order valence-electron chi connectivity index (χ4n) is 6.11. The molecule has 0 saturated heterocycles. The second-order valence-corrected chi connectivity index (χ2v) is 8.87. The topological polar surface area (TPSA) is 79.1 Å². The molecule has 3 aliphatic rings. The molecule has 0 heterocycles. The van der Waals surface area contributed by atoms with Crippen LogP contribution in [0, 0.1) is 28.6 Å². The Kier molecular flexibility index (Phi) is 5.48. The number of carbonyl (C=O) groups excluding carboxylic acids is 1. The molecule has 0 amide bonds. The van der Waals surface area contributed by atoms with Gasteiger partial charge in [-0.15, -0.1) is 5.16 Å². The van der Waals surface area contributed by atoms with Crippen molar-refractivity contribution in [2.45, 2.75) is 71.8 Å². The Morgan fingerprint density at radius 3 is 2.85 bits per heavy atom. The molecule has 0 aromatic rings. The van der Waals surface area contributed by atoms with Gasteiger partial charge in [0.2, 0.25) is 0 Å². The fraction of sp³-hybridized carbons (Fsp3) is 0.810. The maximum Gasteiger partial charge on any atom is 0.312 e. The van der Waals surface area contributed by atoms with Gasteiger partial charge in [-0.25, -0.2) is 0 Å². The maximum atomic E-state index is 12.8. The standard InChI is InChI=1S/C21H33NO4/c1-4-26-19(24)21(3)11-8-17-16(18(21)9-12-22-25)6-5-14-13-15(23)7-10-20(14,17)2/h5,12,15-18,23,25H,4,6-11,13H2,1-3H3/b22-12-/t15-,16-,17+,18-,20-,21-/m0/s1. The second kappa shape index (κ2) is 7.34. The van der Waals surface area contributed by atoms with Crippen LogP contribution in [-0.4, -0.2) is 35.2 Å². The molecule has 2 N–H and O–H groups in total. The van der Waals surface area contributed by atoms with Gasteiger partial charge in [-0.3, -0.25) is 4.79 Å². The van der Waals surface area contributed by atoms with Crippen LogP contribution in [0.4, 0.5) is 0 Å². The van der Waals surface area contributed by atoms with Crippen molar-refractivity contribution in [3.63, 3.8) is 0 Å². The van der Waals surface area contributed by atoms with Crippen LogP contribution in [0.2, 0.25) is 0 Å². The molecule has 5 nitrogen and oxygen atoms in total. The molecule has 5 heteroatoms. The van der Waals surface area contributed by atoms with Crippen molar-refractivity contribution in [2.75, 3.05) is 6.61 Å². The van der Waals surface area contributed by atoms with Crippen LogP contribution >= 0.6 is 0 Å². The molecule has 0 unspecified atom stereocenters. The minimum absolute atomic E-state index is 0.109. The van der Waals surface area contributed by atoms with Crippen LogP contribution < -0.4 is 0 Å². The molecule has 0 aliphatic heterocycles. The van der Waals surface area contributed by atoms with E-state index in [9.17, 15) is 9.90 Å². The van der Waals surface area contributed by atoms with E-state index in [4.69, 9.17) is 9.94 Å². The van der Waals surface area contributed by atoms with Crippen molar-refractivity contribution in [2.24, 2.45) is 33.7 Å². The Labute approximate surface area is 156 Å². The van der Waals surface area contributed by atoms with Crippen LogP contribution in [0.3, 0.4) is 0 Å². The molecule has 26 heavy (non-hydrogen) atoms. The van der Waals surface area contributed by atoms with Crippen LogP contribution in [0.25, 0.3) is 0 Å². The first kappa shape index (κ1) is 19.4. The highest BCUT2D eigenvalue weighted by Crippen LogP contribution is 2.61. The summed E-state index contributed by atoms with van der Waals surface area (Å²) in [6, 6.07) is 0. The number of allylic oxidation sites excluding steroid dienone is 1. The normalized spacial score (nSPS) is 42.7. The van der Waals surface area contributed by atoms with E-state index in [0.29, 0.717) is 24.9 Å². The molecule has 0 aromatic carbocycles. The van der Waals surface area contributed by atoms with Gasteiger partial charge in [0.15, 0.2) is 0 Å². The average Bonchev–Trinajstić information content (AvgIpc) is 2.61. The molecule has 6 atom stereocenters. The van der Waals surface area contributed by atoms with Gasteiger partial charge >= 0.3 is 5.97 Å². The quantitative estimate of drug-likeness (QED) is 0.261. The van der Waals surface area contributed by atoms with E-state index in [1.807, 2.05) is 13.8 Å². The maximum absolute atomic E-state index is 12.8. The van der Waals surface area contributed by atoms with Crippen LogP contribution in [0.1, 0.15) is 65.7 Å². The van der Waals surface area contributed by atoms with Crippen LogP contribution in [0.15, 0.2) is 16.8 Å². The van der Waals surface area contributed by atoms with E-state index in [2.05, 4.69) is 18.2 Å². The third-order valence-corrected chi connectivity index (χ3v) is 7.65. The molecule has 2 fully saturated rings. The fourth-order valence-corrected chi connectivity index (χ4v) is 6.11. The van der Waals surface area contributed by atoms with E-state index in [-0.39, 0.29) is 23.4 Å². The van der Waals surface area contributed by atoms with Crippen molar-refractivity contribution in [1.82, 2.24) is 0 Å². The number of nitrogens with zero attached hydrogens (tertiary/aromatic N) is 1. The first-order valence-corrected chi connectivity index (χ1v) is 10.1. The van der Waals surface area contributed by atoms with Gasteiger partial charge in [0.05, 0.1) is 18.1 Å². The summed E-state index contributed by atoms with van der Waals surface area (Å²) in [5.41, 5.74) is 0.993. The summed E-state index contributed by atoms with van der Waals surface area (Å²) >= 11 is 0. The Morgan fingerprint density at radius 1 is 1.38 bits per heavy atom. The van der Waals surface area contributed by atoms with Gasteiger partial charge in [-0.05, 0) is 82.0 Å². The molecule has 0 radical (unpaired) electrons. The highest BCUT2D eigenvalue weighted by molar-refractivity contribution is 5.78. The van der Waals surface area contributed by atoms with Crippen molar-refractivity contribution >= 4 is 12.2 Å². The molecule has 3 rings (SSSR count).